The van der Waals surface area contributed by atoms with Gasteiger partial charge in [0.05, 0.1) is 4.90 Å². The first-order valence-electron chi connectivity index (χ1n) is 8.97. The lowest BCUT2D eigenvalue weighted by Gasteiger charge is -2.34. The van der Waals surface area contributed by atoms with Crippen LogP contribution < -0.4 is 4.90 Å². The van der Waals surface area contributed by atoms with Crippen molar-refractivity contribution in [1.29, 1.82) is 0 Å². The summed E-state index contributed by atoms with van der Waals surface area (Å²) in [6.07, 6.45) is 4.40. The van der Waals surface area contributed by atoms with Gasteiger partial charge in [0.1, 0.15) is 0 Å². The van der Waals surface area contributed by atoms with Gasteiger partial charge in [-0.3, -0.25) is 0 Å². The van der Waals surface area contributed by atoms with E-state index in [1.807, 2.05) is 17.0 Å². The topological polar surface area (TPSA) is 66.4 Å². The Morgan fingerprint density at radius 1 is 1.00 bits per heavy atom. The van der Waals surface area contributed by atoms with Crippen molar-refractivity contribution < 1.29 is 8.42 Å². The minimum absolute atomic E-state index is 0.0452. The molecule has 26 heavy (non-hydrogen) atoms. The summed E-state index contributed by atoms with van der Waals surface area (Å²) < 4.78 is 27.4. The third-order valence-electron chi connectivity index (χ3n) is 5.23. The van der Waals surface area contributed by atoms with Gasteiger partial charge in [0.25, 0.3) is 0 Å². The van der Waals surface area contributed by atoms with Crippen LogP contribution in [-0.2, 0) is 15.4 Å². The van der Waals surface area contributed by atoms with Gasteiger partial charge in [-0.05, 0) is 35.6 Å². The smallest absolute Gasteiger partial charge is 0.243 e. The highest BCUT2D eigenvalue weighted by atomic mass is 32.2. The van der Waals surface area contributed by atoms with Crippen molar-refractivity contribution in [3.63, 3.8) is 0 Å². The molecule has 1 aromatic carbocycles. The summed E-state index contributed by atoms with van der Waals surface area (Å²) in [6, 6.07) is 9.10. The molecule has 0 N–H and O–H groups in total. The van der Waals surface area contributed by atoms with Crippen molar-refractivity contribution in [2.45, 2.75) is 37.5 Å². The molecule has 0 saturated carbocycles. The second-order valence-corrected chi connectivity index (χ2v) is 9.14. The van der Waals surface area contributed by atoms with Crippen molar-refractivity contribution >= 4 is 16.0 Å². The van der Waals surface area contributed by atoms with Crippen LogP contribution in [0.2, 0.25) is 0 Å². The van der Waals surface area contributed by atoms with E-state index >= 15 is 0 Å². The zero-order valence-electron chi connectivity index (χ0n) is 15.6. The number of nitrogens with zero attached hydrogens (tertiary/aromatic N) is 4. The summed E-state index contributed by atoms with van der Waals surface area (Å²) in [6.45, 7) is 8.52. The van der Waals surface area contributed by atoms with E-state index in [-0.39, 0.29) is 5.41 Å². The molecule has 0 atom stereocenters. The zero-order valence-corrected chi connectivity index (χ0v) is 16.4. The number of benzene rings is 1. The Kier molecular flexibility index (Phi) is 5.29. The Bertz CT molecular complexity index is 828. The molecule has 1 aromatic heterocycles. The Morgan fingerprint density at radius 2 is 1.58 bits per heavy atom. The second kappa shape index (κ2) is 7.32. The molecule has 7 heteroatoms. The fraction of sp³-hybridized carbons (Fsp3) is 0.474. The summed E-state index contributed by atoms with van der Waals surface area (Å²) >= 11 is 0. The average molecular weight is 375 g/mol. The maximum atomic E-state index is 12.9. The predicted molar refractivity (Wildman–Crippen MR) is 103 cm³/mol. The average Bonchev–Trinajstić information content (AvgIpc) is 2.69. The van der Waals surface area contributed by atoms with Crippen molar-refractivity contribution in [3.05, 3.63) is 48.3 Å². The maximum Gasteiger partial charge on any atom is 0.243 e. The van der Waals surface area contributed by atoms with Gasteiger partial charge in [-0.2, -0.15) is 4.31 Å². The minimum atomic E-state index is -3.47. The molecular formula is C19H26N4O2S. The highest BCUT2D eigenvalue weighted by Crippen LogP contribution is 2.28. The number of sulfonamides is 1. The lowest BCUT2D eigenvalue weighted by Crippen LogP contribution is -2.49. The molecule has 0 amide bonds. The Hall–Kier alpha value is -1.99. The van der Waals surface area contributed by atoms with E-state index in [9.17, 15) is 8.42 Å². The molecule has 2 heterocycles. The van der Waals surface area contributed by atoms with Gasteiger partial charge < -0.3 is 4.90 Å². The molecule has 140 valence electrons. The van der Waals surface area contributed by atoms with Crippen LogP contribution >= 0.6 is 0 Å². The first kappa shape index (κ1) is 18.8. The molecule has 0 spiro atoms. The fourth-order valence-electron chi connectivity index (χ4n) is 3.01. The molecule has 1 fully saturated rings. The predicted octanol–water partition coefficient (Wildman–Crippen LogP) is 2.68. The molecule has 1 aliphatic rings. The van der Waals surface area contributed by atoms with Crippen LogP contribution in [0, 0.1) is 0 Å². The summed E-state index contributed by atoms with van der Waals surface area (Å²) in [5.41, 5.74) is 1.20. The van der Waals surface area contributed by atoms with Gasteiger partial charge in [0.15, 0.2) is 0 Å². The normalized spacial score (nSPS) is 16.7. The van der Waals surface area contributed by atoms with E-state index in [4.69, 9.17) is 0 Å². The van der Waals surface area contributed by atoms with Crippen molar-refractivity contribution in [3.8, 4) is 0 Å². The summed E-state index contributed by atoms with van der Waals surface area (Å²) in [7, 11) is -3.47. The van der Waals surface area contributed by atoms with E-state index in [1.54, 1.807) is 34.9 Å². The molecule has 3 rings (SSSR count). The summed E-state index contributed by atoms with van der Waals surface area (Å²) in [5.74, 6) is 0.649. The van der Waals surface area contributed by atoms with Crippen LogP contribution in [0.25, 0.3) is 0 Å². The Balaban J connectivity index is 1.71. The number of aromatic nitrogens is 2. The van der Waals surface area contributed by atoms with Crippen LogP contribution in [0.15, 0.2) is 47.6 Å². The van der Waals surface area contributed by atoms with Gasteiger partial charge in [0, 0.05) is 38.6 Å². The number of hydrogen-bond donors (Lipinski definition) is 0. The van der Waals surface area contributed by atoms with Crippen LogP contribution in [0.5, 0.6) is 0 Å². The highest BCUT2D eigenvalue weighted by molar-refractivity contribution is 7.89. The third kappa shape index (κ3) is 3.73. The molecular weight excluding hydrogens is 348 g/mol. The van der Waals surface area contributed by atoms with E-state index in [2.05, 4.69) is 30.7 Å². The molecule has 0 unspecified atom stereocenters. The van der Waals surface area contributed by atoms with Crippen LogP contribution in [0.4, 0.5) is 5.95 Å². The zero-order chi connectivity index (χ0) is 18.8. The van der Waals surface area contributed by atoms with Crippen LogP contribution in [0.3, 0.4) is 0 Å². The number of anilines is 1. The number of hydrogen-bond acceptors (Lipinski definition) is 5. The van der Waals surface area contributed by atoms with E-state index in [0.29, 0.717) is 37.0 Å². The lowest BCUT2D eigenvalue weighted by molar-refractivity contribution is 0.382. The molecule has 2 aromatic rings. The van der Waals surface area contributed by atoms with Crippen LogP contribution in [0.1, 0.15) is 32.8 Å². The van der Waals surface area contributed by atoms with Crippen molar-refractivity contribution in [2.24, 2.45) is 0 Å². The maximum absolute atomic E-state index is 12.9. The van der Waals surface area contributed by atoms with Gasteiger partial charge in [-0.25, -0.2) is 18.4 Å². The van der Waals surface area contributed by atoms with Gasteiger partial charge >= 0.3 is 0 Å². The quantitative estimate of drug-likeness (QED) is 0.805. The van der Waals surface area contributed by atoms with E-state index < -0.39 is 10.0 Å². The number of piperazine rings is 1. The standard InChI is InChI=1S/C19H26N4O2S/c1-4-19(2,3)16-6-8-17(9-7-16)26(24,25)23-14-12-22(13-15-23)18-20-10-5-11-21-18/h5-11H,4,12-15H2,1-3H3. The molecule has 1 aliphatic heterocycles. The minimum Gasteiger partial charge on any atom is -0.338 e. The van der Waals surface area contributed by atoms with Gasteiger partial charge in [-0.1, -0.05) is 32.9 Å². The third-order valence-corrected chi connectivity index (χ3v) is 7.14. The molecule has 0 radical (unpaired) electrons. The molecule has 1 saturated heterocycles. The Morgan fingerprint density at radius 3 is 2.12 bits per heavy atom. The first-order chi connectivity index (χ1) is 12.3. The first-order valence-corrected chi connectivity index (χ1v) is 10.4. The van der Waals surface area contributed by atoms with Gasteiger partial charge in [-0.15, -0.1) is 0 Å². The van der Waals surface area contributed by atoms with Gasteiger partial charge in [0.2, 0.25) is 16.0 Å². The second-order valence-electron chi connectivity index (χ2n) is 7.20. The fourth-order valence-corrected chi connectivity index (χ4v) is 4.44. The monoisotopic (exact) mass is 374 g/mol. The van der Waals surface area contributed by atoms with E-state index in [1.165, 1.54) is 0 Å². The number of rotatable bonds is 5. The van der Waals surface area contributed by atoms with E-state index in [0.717, 1.165) is 12.0 Å². The summed E-state index contributed by atoms with van der Waals surface area (Å²) in [4.78, 5) is 10.8. The molecule has 0 bridgehead atoms. The Labute approximate surface area is 155 Å². The highest BCUT2D eigenvalue weighted by Gasteiger charge is 2.29. The molecule has 0 aliphatic carbocycles. The molecule has 6 nitrogen and oxygen atoms in total. The van der Waals surface area contributed by atoms with Crippen LogP contribution in [-0.4, -0.2) is 48.9 Å². The summed E-state index contributed by atoms with van der Waals surface area (Å²) in [5, 5.41) is 0. The lowest BCUT2D eigenvalue weighted by atomic mass is 9.82. The van der Waals surface area contributed by atoms with Crippen molar-refractivity contribution in [2.75, 3.05) is 31.1 Å². The van der Waals surface area contributed by atoms with Crippen molar-refractivity contribution in [1.82, 2.24) is 14.3 Å². The SMILES string of the molecule is CCC(C)(C)c1ccc(S(=O)(=O)N2CCN(c3ncccn3)CC2)cc1. The largest absolute Gasteiger partial charge is 0.338 e.